The van der Waals surface area contributed by atoms with E-state index in [2.05, 4.69) is 13.8 Å². The molecule has 2 heteroatoms. The number of hydrogen-bond donors (Lipinski definition) is 2. The molecule has 2 nitrogen and oxygen atoms in total. The highest BCUT2D eigenvalue weighted by Crippen LogP contribution is 2.79. The zero-order valence-corrected chi connectivity index (χ0v) is 15.5. The van der Waals surface area contributed by atoms with Crippen molar-refractivity contribution in [3.8, 4) is 0 Å². The lowest BCUT2D eigenvalue weighted by atomic mass is 9.30. The molecule has 0 aliphatic heterocycles. The summed E-state index contributed by atoms with van der Waals surface area (Å²) in [5, 5.41) is 22.8. The second-order valence-electron chi connectivity index (χ2n) is 12.6. The Morgan fingerprint density at radius 3 is 1.29 bits per heavy atom. The van der Waals surface area contributed by atoms with Crippen molar-refractivity contribution in [1.82, 2.24) is 0 Å². The standard InChI is InChI=1S/C22H34O2/c1-17-3-15-5-19(9-17,13-21(23,7-15)11-17)20-6-16-4-18(2,10-20)12-22(24,8-16)14-20/h15-16,23-24H,3-14H2,1-2H3. The van der Waals surface area contributed by atoms with Crippen molar-refractivity contribution in [2.75, 3.05) is 0 Å². The van der Waals surface area contributed by atoms with E-state index in [0.29, 0.717) is 21.7 Å². The topological polar surface area (TPSA) is 40.5 Å². The Morgan fingerprint density at radius 2 is 0.958 bits per heavy atom. The van der Waals surface area contributed by atoms with Gasteiger partial charge in [-0.15, -0.1) is 0 Å². The summed E-state index contributed by atoms with van der Waals surface area (Å²) >= 11 is 0. The average molecular weight is 331 g/mol. The van der Waals surface area contributed by atoms with Crippen LogP contribution in [0.2, 0.25) is 0 Å². The van der Waals surface area contributed by atoms with Gasteiger partial charge in [0, 0.05) is 0 Å². The molecule has 8 aliphatic rings. The largest absolute Gasteiger partial charge is 0.390 e. The highest BCUT2D eigenvalue weighted by atomic mass is 16.3. The first kappa shape index (κ1) is 15.0. The van der Waals surface area contributed by atoms with Crippen molar-refractivity contribution in [3.05, 3.63) is 0 Å². The third-order valence-corrected chi connectivity index (χ3v) is 9.76. The van der Waals surface area contributed by atoms with Crippen LogP contribution in [0.25, 0.3) is 0 Å². The quantitative estimate of drug-likeness (QED) is 0.747. The van der Waals surface area contributed by atoms with Crippen LogP contribution in [0.5, 0.6) is 0 Å². The van der Waals surface area contributed by atoms with Gasteiger partial charge in [-0.25, -0.2) is 0 Å². The number of rotatable bonds is 1. The fourth-order valence-electron chi connectivity index (χ4n) is 10.9. The molecule has 0 spiro atoms. The minimum atomic E-state index is -0.388. The molecule has 8 aliphatic carbocycles. The van der Waals surface area contributed by atoms with Crippen molar-refractivity contribution in [3.63, 3.8) is 0 Å². The van der Waals surface area contributed by atoms with Gasteiger partial charge in [-0.1, -0.05) is 13.8 Å². The zero-order chi connectivity index (χ0) is 16.6. The second-order valence-corrected chi connectivity index (χ2v) is 12.6. The monoisotopic (exact) mass is 330 g/mol. The van der Waals surface area contributed by atoms with Crippen molar-refractivity contribution in [2.24, 2.45) is 33.5 Å². The fraction of sp³-hybridized carbons (Fsp3) is 1.00. The van der Waals surface area contributed by atoms with Crippen LogP contribution in [0.1, 0.15) is 90.9 Å². The lowest BCUT2D eigenvalue weighted by Gasteiger charge is -2.75. The fourth-order valence-corrected chi connectivity index (χ4v) is 10.9. The molecule has 24 heavy (non-hydrogen) atoms. The van der Waals surface area contributed by atoms with Gasteiger partial charge in [0.25, 0.3) is 0 Å². The molecule has 0 aromatic carbocycles. The van der Waals surface area contributed by atoms with Crippen LogP contribution in [-0.2, 0) is 0 Å². The van der Waals surface area contributed by atoms with E-state index in [-0.39, 0.29) is 11.2 Å². The summed E-state index contributed by atoms with van der Waals surface area (Å²) in [5.41, 5.74) is 0.597. The molecular formula is C22H34O2. The summed E-state index contributed by atoms with van der Waals surface area (Å²) in [7, 11) is 0. The van der Waals surface area contributed by atoms with Crippen LogP contribution in [0, 0.1) is 33.5 Å². The Hall–Kier alpha value is -0.0800. The van der Waals surface area contributed by atoms with Crippen LogP contribution < -0.4 is 0 Å². The summed E-state index contributed by atoms with van der Waals surface area (Å²) in [6, 6.07) is 0. The molecule has 0 amide bonds. The van der Waals surface area contributed by atoms with E-state index in [1.54, 1.807) is 0 Å². The molecule has 8 unspecified atom stereocenters. The van der Waals surface area contributed by atoms with E-state index < -0.39 is 0 Å². The smallest absolute Gasteiger partial charge is 0.0661 e. The van der Waals surface area contributed by atoms with E-state index in [1.807, 2.05) is 0 Å². The highest BCUT2D eigenvalue weighted by molar-refractivity contribution is 5.23. The van der Waals surface area contributed by atoms with Crippen molar-refractivity contribution < 1.29 is 10.2 Å². The molecule has 8 atom stereocenters. The third-order valence-electron chi connectivity index (χ3n) is 9.76. The highest BCUT2D eigenvalue weighted by Gasteiger charge is 2.72. The third kappa shape index (κ3) is 1.71. The first-order valence-electron chi connectivity index (χ1n) is 10.5. The molecule has 8 rings (SSSR count). The lowest BCUT2D eigenvalue weighted by Crippen LogP contribution is -2.70. The van der Waals surface area contributed by atoms with Crippen LogP contribution in [0.4, 0.5) is 0 Å². The average Bonchev–Trinajstić information content (AvgIpc) is 2.28. The van der Waals surface area contributed by atoms with E-state index in [0.717, 1.165) is 50.4 Å². The Labute approximate surface area is 146 Å². The molecule has 8 fully saturated rings. The summed E-state index contributed by atoms with van der Waals surface area (Å²) in [6.07, 6.45) is 14.4. The second kappa shape index (κ2) is 3.79. The predicted molar refractivity (Wildman–Crippen MR) is 93.4 cm³/mol. The maximum Gasteiger partial charge on any atom is 0.0661 e. The normalized spacial score (nSPS) is 69.5. The SMILES string of the molecule is CC12CC3CC(O)(C1)CC(C14CC5CC(C)(CC(O)(C5)C1)C4)(C3)C2. The first-order valence-corrected chi connectivity index (χ1v) is 10.5. The number of aliphatic hydroxyl groups is 2. The van der Waals surface area contributed by atoms with Crippen molar-refractivity contribution in [2.45, 2.75) is 102 Å². The van der Waals surface area contributed by atoms with Crippen LogP contribution in [0.15, 0.2) is 0 Å². The Bertz CT molecular complexity index is 533. The Balaban J connectivity index is 1.49. The molecule has 8 saturated carbocycles. The van der Waals surface area contributed by atoms with Crippen molar-refractivity contribution >= 4 is 0 Å². The van der Waals surface area contributed by atoms with E-state index in [9.17, 15) is 10.2 Å². The first-order chi connectivity index (χ1) is 11.1. The van der Waals surface area contributed by atoms with Gasteiger partial charge in [0.1, 0.15) is 0 Å². The predicted octanol–water partition coefficient (Wildman–Crippen LogP) is 4.43. The van der Waals surface area contributed by atoms with Gasteiger partial charge in [-0.3, -0.25) is 0 Å². The lowest BCUT2D eigenvalue weighted by molar-refractivity contribution is -0.292. The minimum absolute atomic E-state index is 0.324. The molecular weight excluding hydrogens is 296 g/mol. The molecule has 134 valence electrons. The minimum Gasteiger partial charge on any atom is -0.390 e. The van der Waals surface area contributed by atoms with Gasteiger partial charge in [-0.05, 0) is 111 Å². The zero-order valence-electron chi connectivity index (χ0n) is 15.5. The van der Waals surface area contributed by atoms with Gasteiger partial charge < -0.3 is 10.2 Å². The Morgan fingerprint density at radius 1 is 0.542 bits per heavy atom. The van der Waals surface area contributed by atoms with E-state index in [4.69, 9.17) is 0 Å². The van der Waals surface area contributed by atoms with Gasteiger partial charge in [-0.2, -0.15) is 0 Å². The summed E-state index contributed by atoms with van der Waals surface area (Å²) in [6.45, 7) is 4.93. The maximum absolute atomic E-state index is 11.4. The molecule has 0 aromatic heterocycles. The van der Waals surface area contributed by atoms with Crippen molar-refractivity contribution in [1.29, 1.82) is 0 Å². The summed E-state index contributed by atoms with van der Waals surface area (Å²) in [5.74, 6) is 1.48. The summed E-state index contributed by atoms with van der Waals surface area (Å²) < 4.78 is 0. The van der Waals surface area contributed by atoms with Crippen LogP contribution >= 0.6 is 0 Å². The van der Waals surface area contributed by atoms with Crippen LogP contribution in [-0.4, -0.2) is 21.4 Å². The molecule has 2 N–H and O–H groups in total. The molecule has 0 radical (unpaired) electrons. The summed E-state index contributed by atoms with van der Waals surface area (Å²) in [4.78, 5) is 0. The molecule has 0 saturated heterocycles. The van der Waals surface area contributed by atoms with E-state index in [1.165, 1.54) is 38.5 Å². The van der Waals surface area contributed by atoms with Gasteiger partial charge in [0.2, 0.25) is 0 Å². The van der Waals surface area contributed by atoms with Gasteiger partial charge in [0.05, 0.1) is 11.2 Å². The molecule has 0 heterocycles. The van der Waals surface area contributed by atoms with Gasteiger partial charge >= 0.3 is 0 Å². The van der Waals surface area contributed by atoms with Gasteiger partial charge in [0.15, 0.2) is 0 Å². The number of hydrogen-bond acceptors (Lipinski definition) is 2. The Kier molecular flexibility index (Phi) is 2.37. The molecule has 8 bridgehead atoms. The van der Waals surface area contributed by atoms with E-state index >= 15 is 0 Å². The maximum atomic E-state index is 11.4. The van der Waals surface area contributed by atoms with Crippen LogP contribution in [0.3, 0.4) is 0 Å². The molecule has 0 aromatic rings.